The molecule has 1 saturated carbocycles. The molecule has 1 atom stereocenters. The molecule has 0 aromatic heterocycles. The van der Waals surface area contributed by atoms with Gasteiger partial charge in [0.05, 0.1) is 0 Å². The molecule has 1 aromatic rings. The van der Waals surface area contributed by atoms with Gasteiger partial charge in [-0.1, -0.05) is 25.3 Å². The molecule has 0 amide bonds. The Morgan fingerprint density at radius 2 is 2.00 bits per heavy atom. The first-order valence-corrected chi connectivity index (χ1v) is 7.65. The number of benzene rings is 1. The Balaban J connectivity index is 1.76. The fourth-order valence-electron chi connectivity index (χ4n) is 3.18. The highest BCUT2D eigenvalue weighted by atomic mass is 19.1. The molecule has 0 radical (unpaired) electrons. The van der Waals surface area contributed by atoms with Crippen molar-refractivity contribution in [3.05, 3.63) is 35.1 Å². The van der Waals surface area contributed by atoms with Crippen LogP contribution in [0.2, 0.25) is 0 Å². The SMILES string of the molecule is Cc1cc(F)ccc1CCNC(C)C1CCCCC1. The third-order valence-corrected chi connectivity index (χ3v) is 4.52. The molecule has 1 N–H and O–H groups in total. The first-order valence-electron chi connectivity index (χ1n) is 7.65. The van der Waals surface area contributed by atoms with Crippen molar-refractivity contribution in [3.63, 3.8) is 0 Å². The van der Waals surface area contributed by atoms with Crippen LogP contribution in [0.25, 0.3) is 0 Å². The average molecular weight is 263 g/mol. The van der Waals surface area contributed by atoms with Crippen molar-refractivity contribution < 1.29 is 4.39 Å². The number of hydrogen-bond acceptors (Lipinski definition) is 1. The lowest BCUT2D eigenvalue weighted by Gasteiger charge is -2.28. The van der Waals surface area contributed by atoms with Crippen molar-refractivity contribution in [1.82, 2.24) is 5.32 Å². The van der Waals surface area contributed by atoms with Crippen molar-refractivity contribution >= 4 is 0 Å². The molecule has 106 valence electrons. The summed E-state index contributed by atoms with van der Waals surface area (Å²) in [6, 6.07) is 5.71. The molecular weight excluding hydrogens is 237 g/mol. The van der Waals surface area contributed by atoms with Gasteiger partial charge in [0.1, 0.15) is 5.82 Å². The van der Waals surface area contributed by atoms with Crippen molar-refractivity contribution in [1.29, 1.82) is 0 Å². The summed E-state index contributed by atoms with van der Waals surface area (Å²) in [4.78, 5) is 0. The van der Waals surface area contributed by atoms with Crippen molar-refractivity contribution in [3.8, 4) is 0 Å². The van der Waals surface area contributed by atoms with E-state index in [1.165, 1.54) is 37.7 Å². The highest BCUT2D eigenvalue weighted by Crippen LogP contribution is 2.26. The van der Waals surface area contributed by atoms with Gasteiger partial charge in [0.15, 0.2) is 0 Å². The molecule has 0 saturated heterocycles. The number of aryl methyl sites for hydroxylation is 1. The van der Waals surface area contributed by atoms with Gasteiger partial charge in [-0.2, -0.15) is 0 Å². The van der Waals surface area contributed by atoms with E-state index in [1.54, 1.807) is 12.1 Å². The Hall–Kier alpha value is -0.890. The van der Waals surface area contributed by atoms with Gasteiger partial charge in [-0.25, -0.2) is 4.39 Å². The first-order chi connectivity index (χ1) is 9.16. The minimum atomic E-state index is -0.134. The minimum absolute atomic E-state index is 0.134. The van der Waals surface area contributed by atoms with Crippen LogP contribution in [0.4, 0.5) is 4.39 Å². The lowest BCUT2D eigenvalue weighted by atomic mass is 9.84. The second-order valence-corrected chi connectivity index (χ2v) is 5.96. The number of halogens is 1. The van der Waals surface area contributed by atoms with E-state index in [4.69, 9.17) is 0 Å². The van der Waals surface area contributed by atoms with Crippen LogP contribution < -0.4 is 5.32 Å². The second kappa shape index (κ2) is 7.04. The molecule has 1 fully saturated rings. The van der Waals surface area contributed by atoms with E-state index in [-0.39, 0.29) is 5.82 Å². The lowest BCUT2D eigenvalue weighted by Crippen LogP contribution is -2.35. The quantitative estimate of drug-likeness (QED) is 0.838. The Bertz CT molecular complexity index is 396. The summed E-state index contributed by atoms with van der Waals surface area (Å²) < 4.78 is 13.0. The Morgan fingerprint density at radius 1 is 1.26 bits per heavy atom. The molecule has 1 aromatic carbocycles. The zero-order valence-electron chi connectivity index (χ0n) is 12.2. The third-order valence-electron chi connectivity index (χ3n) is 4.52. The highest BCUT2D eigenvalue weighted by Gasteiger charge is 2.19. The van der Waals surface area contributed by atoms with Gasteiger partial charge >= 0.3 is 0 Å². The van der Waals surface area contributed by atoms with E-state index in [0.29, 0.717) is 6.04 Å². The topological polar surface area (TPSA) is 12.0 Å². The van der Waals surface area contributed by atoms with Crippen LogP contribution in [0.1, 0.15) is 50.2 Å². The van der Waals surface area contributed by atoms with E-state index in [0.717, 1.165) is 24.4 Å². The molecular formula is C17H26FN. The monoisotopic (exact) mass is 263 g/mol. The van der Waals surface area contributed by atoms with Crippen LogP contribution in [-0.2, 0) is 6.42 Å². The molecule has 1 nitrogen and oxygen atoms in total. The Morgan fingerprint density at radius 3 is 2.68 bits per heavy atom. The van der Waals surface area contributed by atoms with Gasteiger partial charge in [0.25, 0.3) is 0 Å². The van der Waals surface area contributed by atoms with E-state index >= 15 is 0 Å². The molecule has 0 heterocycles. The van der Waals surface area contributed by atoms with Crippen molar-refractivity contribution in [2.75, 3.05) is 6.54 Å². The van der Waals surface area contributed by atoms with Crippen LogP contribution in [0.3, 0.4) is 0 Å². The zero-order chi connectivity index (χ0) is 13.7. The van der Waals surface area contributed by atoms with Gasteiger partial charge < -0.3 is 5.32 Å². The standard InChI is InChI=1S/C17H26FN/c1-13-12-17(18)9-8-15(13)10-11-19-14(2)16-6-4-3-5-7-16/h8-9,12,14,16,19H,3-7,10-11H2,1-2H3. The third kappa shape index (κ3) is 4.31. The molecule has 1 aliphatic carbocycles. The molecule has 0 bridgehead atoms. The minimum Gasteiger partial charge on any atom is -0.314 e. The van der Waals surface area contributed by atoms with Gasteiger partial charge in [0, 0.05) is 6.04 Å². The molecule has 1 aliphatic rings. The van der Waals surface area contributed by atoms with Crippen molar-refractivity contribution in [2.24, 2.45) is 5.92 Å². The number of hydrogen-bond donors (Lipinski definition) is 1. The number of nitrogens with one attached hydrogen (secondary N) is 1. The van der Waals surface area contributed by atoms with Crippen LogP contribution in [0.5, 0.6) is 0 Å². The Kier molecular flexibility index (Phi) is 5.38. The predicted octanol–water partition coefficient (Wildman–Crippen LogP) is 4.24. The Labute approximate surface area is 116 Å². The van der Waals surface area contributed by atoms with Crippen LogP contribution in [0.15, 0.2) is 18.2 Å². The van der Waals surface area contributed by atoms with Crippen LogP contribution in [0, 0.1) is 18.7 Å². The summed E-state index contributed by atoms with van der Waals surface area (Å²) in [6.45, 7) is 5.29. The summed E-state index contributed by atoms with van der Waals surface area (Å²) in [6.07, 6.45) is 7.95. The fourth-order valence-corrected chi connectivity index (χ4v) is 3.18. The maximum atomic E-state index is 13.0. The summed E-state index contributed by atoms with van der Waals surface area (Å²) in [7, 11) is 0. The maximum absolute atomic E-state index is 13.0. The highest BCUT2D eigenvalue weighted by molar-refractivity contribution is 5.26. The summed E-state index contributed by atoms with van der Waals surface area (Å²) in [5.74, 6) is 0.716. The molecule has 0 aliphatic heterocycles. The van der Waals surface area contributed by atoms with Gasteiger partial charge in [-0.15, -0.1) is 0 Å². The summed E-state index contributed by atoms with van der Waals surface area (Å²) >= 11 is 0. The lowest BCUT2D eigenvalue weighted by molar-refractivity contribution is 0.282. The van der Waals surface area contributed by atoms with Gasteiger partial charge in [-0.05, 0) is 68.8 Å². The fraction of sp³-hybridized carbons (Fsp3) is 0.647. The average Bonchev–Trinajstić information content (AvgIpc) is 2.42. The predicted molar refractivity (Wildman–Crippen MR) is 78.9 cm³/mol. The molecule has 19 heavy (non-hydrogen) atoms. The normalized spacial score (nSPS) is 18.5. The van der Waals surface area contributed by atoms with Crippen molar-refractivity contribution in [2.45, 2.75) is 58.4 Å². The summed E-state index contributed by atoms with van der Waals surface area (Å²) in [5.41, 5.74) is 2.32. The molecule has 0 spiro atoms. The smallest absolute Gasteiger partial charge is 0.123 e. The summed E-state index contributed by atoms with van der Waals surface area (Å²) in [5, 5.41) is 3.65. The van der Waals surface area contributed by atoms with Gasteiger partial charge in [-0.3, -0.25) is 0 Å². The van der Waals surface area contributed by atoms with E-state index in [1.807, 2.05) is 13.0 Å². The largest absolute Gasteiger partial charge is 0.314 e. The molecule has 1 unspecified atom stereocenters. The zero-order valence-corrected chi connectivity index (χ0v) is 12.2. The van der Waals surface area contributed by atoms with Gasteiger partial charge in [0.2, 0.25) is 0 Å². The molecule has 2 heteroatoms. The van der Waals surface area contributed by atoms with E-state index < -0.39 is 0 Å². The maximum Gasteiger partial charge on any atom is 0.123 e. The number of rotatable bonds is 5. The van der Waals surface area contributed by atoms with Crippen LogP contribution >= 0.6 is 0 Å². The van der Waals surface area contributed by atoms with E-state index in [2.05, 4.69) is 12.2 Å². The second-order valence-electron chi connectivity index (χ2n) is 5.96. The van der Waals surface area contributed by atoms with E-state index in [9.17, 15) is 4.39 Å². The first kappa shape index (κ1) is 14.5. The molecule has 2 rings (SSSR count). The van der Waals surface area contributed by atoms with Crippen LogP contribution in [-0.4, -0.2) is 12.6 Å².